The minimum absolute atomic E-state index is 0.129. The third kappa shape index (κ3) is 2.50. The van der Waals surface area contributed by atoms with Gasteiger partial charge in [0.15, 0.2) is 0 Å². The van der Waals surface area contributed by atoms with E-state index < -0.39 is 0 Å². The highest BCUT2D eigenvalue weighted by molar-refractivity contribution is 5.51. The number of hydrogen-bond acceptors (Lipinski definition) is 2. The molecule has 0 spiro atoms. The fraction of sp³-hybridized carbons (Fsp3) is 0.471. The summed E-state index contributed by atoms with van der Waals surface area (Å²) in [7, 11) is 0. The Labute approximate surface area is 126 Å². The van der Waals surface area contributed by atoms with E-state index in [1.54, 1.807) is 4.68 Å². The molecule has 0 atom stereocenters. The van der Waals surface area contributed by atoms with E-state index in [-0.39, 0.29) is 11.0 Å². The van der Waals surface area contributed by atoms with E-state index >= 15 is 0 Å². The molecule has 4 nitrogen and oxygen atoms in total. The van der Waals surface area contributed by atoms with Gasteiger partial charge in [0.2, 0.25) is 0 Å². The summed E-state index contributed by atoms with van der Waals surface area (Å²) in [4.78, 5) is 12.7. The molecule has 2 N–H and O–H groups in total. The Morgan fingerprint density at radius 3 is 2.33 bits per heavy atom. The van der Waals surface area contributed by atoms with Crippen molar-refractivity contribution >= 4 is 5.69 Å². The molecule has 2 rings (SSSR count). The lowest BCUT2D eigenvalue weighted by Gasteiger charge is -2.23. The Hall–Kier alpha value is -1.97. The molecule has 0 saturated carbocycles. The van der Waals surface area contributed by atoms with Crippen LogP contribution in [0.25, 0.3) is 5.69 Å². The average Bonchev–Trinajstić information content (AvgIpc) is 2.64. The molecule has 114 valence electrons. The van der Waals surface area contributed by atoms with E-state index in [2.05, 4.69) is 26.8 Å². The van der Waals surface area contributed by atoms with E-state index in [1.807, 2.05) is 37.6 Å². The lowest BCUT2D eigenvalue weighted by Crippen LogP contribution is -2.24. The number of benzene rings is 1. The summed E-state index contributed by atoms with van der Waals surface area (Å²) in [6.45, 7) is 13.0. The van der Waals surface area contributed by atoms with Gasteiger partial charge in [0, 0.05) is 12.0 Å². The fourth-order valence-corrected chi connectivity index (χ4v) is 2.84. The minimum atomic E-state index is -0.178. The van der Waals surface area contributed by atoms with Gasteiger partial charge < -0.3 is 5.73 Å². The Kier molecular flexibility index (Phi) is 3.74. The van der Waals surface area contributed by atoms with Crippen LogP contribution in [0, 0.1) is 13.8 Å². The van der Waals surface area contributed by atoms with E-state index in [0.717, 1.165) is 22.5 Å². The van der Waals surface area contributed by atoms with Gasteiger partial charge in [-0.1, -0.05) is 32.9 Å². The smallest absolute Gasteiger partial charge is 0.294 e. The number of rotatable bonds is 2. The summed E-state index contributed by atoms with van der Waals surface area (Å²) in [5, 5.41) is 0. The molecule has 0 amide bonds. The topological polar surface area (TPSA) is 52.9 Å². The maximum Gasteiger partial charge on any atom is 0.294 e. The molecular weight excluding hydrogens is 262 g/mol. The van der Waals surface area contributed by atoms with Crippen LogP contribution >= 0.6 is 0 Å². The van der Waals surface area contributed by atoms with Gasteiger partial charge in [-0.3, -0.25) is 9.48 Å². The maximum absolute atomic E-state index is 12.7. The van der Waals surface area contributed by atoms with Crippen molar-refractivity contribution in [3.63, 3.8) is 0 Å². The second-order valence-corrected chi connectivity index (χ2v) is 6.63. The Morgan fingerprint density at radius 1 is 1.19 bits per heavy atom. The van der Waals surface area contributed by atoms with Crippen LogP contribution in [-0.4, -0.2) is 9.36 Å². The van der Waals surface area contributed by atoms with Gasteiger partial charge in [0.05, 0.1) is 11.4 Å². The zero-order chi connectivity index (χ0) is 15.9. The lowest BCUT2D eigenvalue weighted by molar-refractivity contribution is 0.469. The van der Waals surface area contributed by atoms with Gasteiger partial charge >= 0.3 is 0 Å². The summed E-state index contributed by atoms with van der Waals surface area (Å²) in [5.41, 5.74) is 10.2. The van der Waals surface area contributed by atoms with Crippen molar-refractivity contribution in [2.24, 2.45) is 0 Å². The first kappa shape index (κ1) is 15.4. The molecule has 1 heterocycles. The van der Waals surface area contributed by atoms with Crippen LogP contribution < -0.4 is 11.3 Å². The van der Waals surface area contributed by atoms with E-state index in [9.17, 15) is 4.79 Å². The van der Waals surface area contributed by atoms with Gasteiger partial charge in [-0.25, -0.2) is 4.68 Å². The van der Waals surface area contributed by atoms with Crippen LogP contribution in [0.1, 0.15) is 44.5 Å². The summed E-state index contributed by atoms with van der Waals surface area (Å²) < 4.78 is 3.72. The predicted octanol–water partition coefficient (Wildman–Crippen LogP) is 3.16. The van der Waals surface area contributed by atoms with Crippen LogP contribution in [0.3, 0.4) is 0 Å². The summed E-state index contributed by atoms with van der Waals surface area (Å²) in [6, 6.07) is 6.13. The molecule has 1 aromatic carbocycles. The first-order valence-corrected chi connectivity index (χ1v) is 7.37. The Balaban J connectivity index is 2.88. The first-order valence-electron chi connectivity index (χ1n) is 7.37. The average molecular weight is 287 g/mol. The van der Waals surface area contributed by atoms with Crippen molar-refractivity contribution in [1.29, 1.82) is 0 Å². The molecule has 0 fully saturated rings. The SMILES string of the molecule is CCn1c(C(C)(C)C)c(N)c(=O)n1-c1cc(C)ccc1C. The molecule has 2 aromatic rings. The van der Waals surface area contributed by atoms with Gasteiger partial charge in [-0.15, -0.1) is 0 Å². The third-order valence-corrected chi connectivity index (χ3v) is 3.78. The van der Waals surface area contributed by atoms with Crippen LogP contribution in [0.4, 0.5) is 5.69 Å². The van der Waals surface area contributed by atoms with Crippen molar-refractivity contribution in [1.82, 2.24) is 9.36 Å². The van der Waals surface area contributed by atoms with Crippen LogP contribution in [0.2, 0.25) is 0 Å². The number of nitrogens with two attached hydrogens (primary N) is 1. The molecule has 0 aliphatic heterocycles. The summed E-state index contributed by atoms with van der Waals surface area (Å²) in [6.07, 6.45) is 0. The second kappa shape index (κ2) is 5.10. The molecule has 1 aromatic heterocycles. The summed E-state index contributed by atoms with van der Waals surface area (Å²) in [5.74, 6) is 0. The summed E-state index contributed by atoms with van der Waals surface area (Å²) >= 11 is 0. The van der Waals surface area contributed by atoms with Crippen molar-refractivity contribution in [2.45, 2.75) is 53.5 Å². The monoisotopic (exact) mass is 287 g/mol. The highest BCUT2D eigenvalue weighted by Gasteiger charge is 2.27. The molecular formula is C17H25N3O. The Bertz CT molecular complexity index is 730. The van der Waals surface area contributed by atoms with Crippen LogP contribution in [-0.2, 0) is 12.0 Å². The first-order chi connectivity index (χ1) is 9.68. The van der Waals surface area contributed by atoms with Crippen LogP contribution in [0.5, 0.6) is 0 Å². The standard InChI is InChI=1S/C17H25N3O/c1-7-19-15(17(4,5)6)14(18)16(21)20(19)13-10-11(2)8-9-12(13)3/h8-10H,7,18H2,1-6H3. The minimum Gasteiger partial charge on any atom is -0.393 e. The van der Waals surface area contributed by atoms with Gasteiger partial charge in [-0.05, 0) is 38.0 Å². The number of nitrogen functional groups attached to an aromatic ring is 1. The highest BCUT2D eigenvalue weighted by atomic mass is 16.1. The predicted molar refractivity (Wildman–Crippen MR) is 88.3 cm³/mol. The zero-order valence-corrected chi connectivity index (χ0v) is 13.8. The molecule has 4 heteroatoms. The lowest BCUT2D eigenvalue weighted by atomic mass is 9.91. The zero-order valence-electron chi connectivity index (χ0n) is 13.8. The largest absolute Gasteiger partial charge is 0.393 e. The number of nitrogens with zero attached hydrogens (tertiary/aromatic N) is 2. The molecule has 0 radical (unpaired) electrons. The van der Waals surface area contributed by atoms with Gasteiger partial charge in [0.1, 0.15) is 5.69 Å². The highest BCUT2D eigenvalue weighted by Crippen LogP contribution is 2.28. The van der Waals surface area contributed by atoms with Crippen LogP contribution in [0.15, 0.2) is 23.0 Å². The molecule has 0 aliphatic rings. The number of aryl methyl sites for hydroxylation is 2. The number of hydrogen-bond donors (Lipinski definition) is 1. The molecule has 0 unspecified atom stereocenters. The van der Waals surface area contributed by atoms with Gasteiger partial charge in [0.25, 0.3) is 5.56 Å². The molecule has 0 aliphatic carbocycles. The van der Waals surface area contributed by atoms with Crippen molar-refractivity contribution < 1.29 is 0 Å². The third-order valence-electron chi connectivity index (χ3n) is 3.78. The van der Waals surface area contributed by atoms with Gasteiger partial charge in [-0.2, -0.15) is 0 Å². The van der Waals surface area contributed by atoms with Crippen molar-refractivity contribution in [3.05, 3.63) is 45.4 Å². The fourth-order valence-electron chi connectivity index (χ4n) is 2.84. The van der Waals surface area contributed by atoms with Crippen molar-refractivity contribution in [3.8, 4) is 5.69 Å². The quantitative estimate of drug-likeness (QED) is 0.922. The van der Waals surface area contributed by atoms with E-state index in [0.29, 0.717) is 12.2 Å². The molecule has 0 saturated heterocycles. The molecule has 0 bridgehead atoms. The Morgan fingerprint density at radius 2 is 1.81 bits per heavy atom. The van der Waals surface area contributed by atoms with E-state index in [4.69, 9.17) is 5.73 Å². The number of aromatic nitrogens is 2. The maximum atomic E-state index is 12.7. The van der Waals surface area contributed by atoms with Crippen molar-refractivity contribution in [2.75, 3.05) is 5.73 Å². The normalized spacial score (nSPS) is 11.9. The number of anilines is 1. The molecule has 21 heavy (non-hydrogen) atoms. The second-order valence-electron chi connectivity index (χ2n) is 6.63. The van der Waals surface area contributed by atoms with E-state index in [1.165, 1.54) is 0 Å².